The summed E-state index contributed by atoms with van der Waals surface area (Å²) in [5.74, 6) is -0.00475. The molecule has 1 aliphatic heterocycles. The van der Waals surface area contributed by atoms with Gasteiger partial charge in [0.2, 0.25) is 10.0 Å². The van der Waals surface area contributed by atoms with E-state index in [0.29, 0.717) is 12.1 Å². The molecular formula is C15H21N3O2S. The Kier molecular flexibility index (Phi) is 5.34. The first-order valence-corrected chi connectivity index (χ1v) is 8.87. The van der Waals surface area contributed by atoms with Crippen molar-refractivity contribution in [2.75, 3.05) is 19.6 Å². The second kappa shape index (κ2) is 7.03. The maximum Gasteiger partial charge on any atom is 0.218 e. The molecule has 0 radical (unpaired) electrons. The Morgan fingerprint density at radius 3 is 2.62 bits per heavy atom. The third-order valence-corrected chi connectivity index (χ3v) is 5.57. The average molecular weight is 307 g/mol. The third-order valence-electron chi connectivity index (χ3n) is 3.67. The number of hydrogen-bond acceptors (Lipinski definition) is 4. The van der Waals surface area contributed by atoms with Gasteiger partial charge in [-0.3, -0.25) is 0 Å². The lowest BCUT2D eigenvalue weighted by molar-refractivity contribution is 0.334. The molecule has 1 aliphatic rings. The predicted octanol–water partition coefficient (Wildman–Crippen LogP) is 1.46. The Balaban J connectivity index is 2.15. The Hall–Kier alpha value is -1.42. The zero-order chi connectivity index (χ0) is 15.3. The molecule has 1 saturated heterocycles. The van der Waals surface area contributed by atoms with Gasteiger partial charge in [0, 0.05) is 19.1 Å². The van der Waals surface area contributed by atoms with E-state index in [1.54, 1.807) is 28.6 Å². The molecule has 0 spiro atoms. The molecule has 0 saturated carbocycles. The van der Waals surface area contributed by atoms with E-state index in [1.807, 2.05) is 13.0 Å². The normalized spacial score (nSPS) is 18.8. The summed E-state index contributed by atoms with van der Waals surface area (Å²) in [4.78, 5) is 0. The van der Waals surface area contributed by atoms with E-state index in [4.69, 9.17) is 5.26 Å². The highest BCUT2D eigenvalue weighted by Gasteiger charge is 2.31. The molecule has 0 amide bonds. The van der Waals surface area contributed by atoms with Gasteiger partial charge in [0.15, 0.2) is 0 Å². The smallest absolute Gasteiger partial charge is 0.218 e. The molecule has 0 aliphatic carbocycles. The van der Waals surface area contributed by atoms with Gasteiger partial charge in [-0.15, -0.1) is 0 Å². The predicted molar refractivity (Wildman–Crippen MR) is 82.1 cm³/mol. The van der Waals surface area contributed by atoms with E-state index < -0.39 is 10.0 Å². The number of benzene rings is 1. The van der Waals surface area contributed by atoms with Gasteiger partial charge in [-0.2, -0.15) is 9.57 Å². The summed E-state index contributed by atoms with van der Waals surface area (Å²) in [6, 6.07) is 8.85. The van der Waals surface area contributed by atoms with Gasteiger partial charge in [-0.05, 0) is 37.1 Å². The first-order valence-electron chi connectivity index (χ1n) is 7.26. The molecule has 114 valence electrons. The van der Waals surface area contributed by atoms with Crippen LogP contribution in [0, 0.1) is 11.3 Å². The Labute approximate surface area is 126 Å². The lowest BCUT2D eigenvalue weighted by Gasteiger charge is -2.27. The largest absolute Gasteiger partial charge is 0.315 e. The van der Waals surface area contributed by atoms with Crippen LogP contribution in [0.2, 0.25) is 0 Å². The van der Waals surface area contributed by atoms with Crippen LogP contribution in [0.5, 0.6) is 0 Å². The quantitative estimate of drug-likeness (QED) is 0.863. The van der Waals surface area contributed by atoms with Gasteiger partial charge in [0.25, 0.3) is 0 Å². The van der Waals surface area contributed by atoms with Crippen LogP contribution in [0.1, 0.15) is 30.9 Å². The molecule has 2 rings (SSSR count). The van der Waals surface area contributed by atoms with Gasteiger partial charge < -0.3 is 5.32 Å². The van der Waals surface area contributed by atoms with Crippen molar-refractivity contribution >= 4 is 10.0 Å². The van der Waals surface area contributed by atoms with Crippen LogP contribution in [-0.2, 0) is 15.8 Å². The van der Waals surface area contributed by atoms with E-state index >= 15 is 0 Å². The highest BCUT2D eigenvalue weighted by molar-refractivity contribution is 7.88. The molecule has 1 N–H and O–H groups in total. The minimum atomic E-state index is -3.33. The van der Waals surface area contributed by atoms with Crippen molar-refractivity contribution in [2.45, 2.75) is 31.6 Å². The molecule has 0 aromatic heterocycles. The van der Waals surface area contributed by atoms with Crippen LogP contribution in [0.4, 0.5) is 0 Å². The van der Waals surface area contributed by atoms with Gasteiger partial charge >= 0.3 is 0 Å². The van der Waals surface area contributed by atoms with Gasteiger partial charge in [-0.1, -0.05) is 19.1 Å². The van der Waals surface area contributed by atoms with Crippen molar-refractivity contribution in [3.63, 3.8) is 0 Å². The molecule has 1 fully saturated rings. The maximum atomic E-state index is 12.7. The molecule has 5 nitrogen and oxygen atoms in total. The molecule has 21 heavy (non-hydrogen) atoms. The van der Waals surface area contributed by atoms with E-state index in [0.717, 1.165) is 31.5 Å². The van der Waals surface area contributed by atoms with Crippen molar-refractivity contribution in [2.24, 2.45) is 0 Å². The topological polar surface area (TPSA) is 73.2 Å². The van der Waals surface area contributed by atoms with Gasteiger partial charge in [0.05, 0.1) is 17.4 Å². The molecule has 0 bridgehead atoms. The highest BCUT2D eigenvalue weighted by Crippen LogP contribution is 2.18. The van der Waals surface area contributed by atoms with Crippen molar-refractivity contribution in [3.05, 3.63) is 35.4 Å². The van der Waals surface area contributed by atoms with Crippen LogP contribution in [-0.4, -0.2) is 38.4 Å². The average Bonchev–Trinajstić information content (AvgIpc) is 2.98. The Bertz CT molecular complexity index is 599. The second-order valence-electron chi connectivity index (χ2n) is 5.32. The van der Waals surface area contributed by atoms with E-state index in [9.17, 15) is 8.42 Å². The minimum Gasteiger partial charge on any atom is -0.315 e. The SMILES string of the molecule is CCCN(C1CCNC1)S(=O)(=O)Cc1ccc(C#N)cc1. The zero-order valence-corrected chi connectivity index (χ0v) is 13.1. The zero-order valence-electron chi connectivity index (χ0n) is 12.2. The summed E-state index contributed by atoms with van der Waals surface area (Å²) in [6.07, 6.45) is 1.68. The summed E-state index contributed by atoms with van der Waals surface area (Å²) >= 11 is 0. The van der Waals surface area contributed by atoms with Crippen LogP contribution < -0.4 is 5.32 Å². The Morgan fingerprint density at radius 1 is 1.38 bits per heavy atom. The summed E-state index contributed by atoms with van der Waals surface area (Å²) in [7, 11) is -3.33. The van der Waals surface area contributed by atoms with Gasteiger partial charge in [0.1, 0.15) is 0 Å². The fourth-order valence-corrected chi connectivity index (χ4v) is 4.50. The van der Waals surface area contributed by atoms with Gasteiger partial charge in [-0.25, -0.2) is 8.42 Å². The lowest BCUT2D eigenvalue weighted by Crippen LogP contribution is -2.42. The molecule has 1 unspecified atom stereocenters. The first-order chi connectivity index (χ1) is 10.1. The number of nitrogens with zero attached hydrogens (tertiary/aromatic N) is 2. The monoisotopic (exact) mass is 307 g/mol. The summed E-state index contributed by atoms with van der Waals surface area (Å²) in [5, 5.41) is 12.0. The number of nitriles is 1. The van der Waals surface area contributed by atoms with E-state index in [2.05, 4.69) is 5.32 Å². The van der Waals surface area contributed by atoms with Crippen molar-refractivity contribution < 1.29 is 8.42 Å². The van der Waals surface area contributed by atoms with Crippen molar-refractivity contribution in [1.82, 2.24) is 9.62 Å². The number of hydrogen-bond donors (Lipinski definition) is 1. The molecule has 6 heteroatoms. The standard InChI is InChI=1S/C15H21N3O2S/c1-2-9-18(15-7-8-17-11-15)21(19,20)12-14-5-3-13(10-16)4-6-14/h3-6,15,17H,2,7-9,11-12H2,1H3. The number of rotatable bonds is 6. The van der Waals surface area contributed by atoms with E-state index in [1.165, 1.54) is 0 Å². The Morgan fingerprint density at radius 2 is 2.10 bits per heavy atom. The van der Waals surface area contributed by atoms with Crippen molar-refractivity contribution in [1.29, 1.82) is 5.26 Å². The van der Waals surface area contributed by atoms with Crippen LogP contribution in [0.3, 0.4) is 0 Å². The summed E-state index contributed by atoms with van der Waals surface area (Å²) in [6.45, 7) is 4.15. The minimum absolute atomic E-state index is 0.00475. The maximum absolute atomic E-state index is 12.7. The molecular weight excluding hydrogens is 286 g/mol. The first kappa shape index (κ1) is 16.0. The molecule has 1 aromatic carbocycles. The fourth-order valence-electron chi connectivity index (χ4n) is 2.62. The van der Waals surface area contributed by atoms with E-state index in [-0.39, 0.29) is 11.8 Å². The summed E-state index contributed by atoms with van der Waals surface area (Å²) in [5.41, 5.74) is 1.27. The molecule has 1 aromatic rings. The molecule has 1 heterocycles. The second-order valence-corrected chi connectivity index (χ2v) is 7.24. The van der Waals surface area contributed by atoms with Crippen molar-refractivity contribution in [3.8, 4) is 6.07 Å². The summed E-state index contributed by atoms with van der Waals surface area (Å²) < 4.78 is 27.0. The highest BCUT2D eigenvalue weighted by atomic mass is 32.2. The third kappa shape index (κ3) is 4.03. The molecule has 1 atom stereocenters. The van der Waals surface area contributed by atoms with Crippen LogP contribution >= 0.6 is 0 Å². The number of nitrogens with one attached hydrogen (secondary N) is 1. The van der Waals surface area contributed by atoms with Crippen LogP contribution in [0.25, 0.3) is 0 Å². The number of sulfonamides is 1. The fraction of sp³-hybridized carbons (Fsp3) is 0.533. The lowest BCUT2D eigenvalue weighted by atomic mass is 10.2. The van der Waals surface area contributed by atoms with Crippen LogP contribution in [0.15, 0.2) is 24.3 Å².